The van der Waals surface area contributed by atoms with E-state index in [0.29, 0.717) is 17.1 Å². The molecule has 1 saturated heterocycles. The van der Waals surface area contributed by atoms with Crippen molar-refractivity contribution in [2.75, 3.05) is 10.8 Å². The van der Waals surface area contributed by atoms with Crippen molar-refractivity contribution in [3.8, 4) is 0 Å². The van der Waals surface area contributed by atoms with E-state index in [1.54, 1.807) is 12.1 Å². The highest BCUT2D eigenvalue weighted by Gasteiger charge is 2.56. The maximum atomic E-state index is 13.4. The quantitative estimate of drug-likeness (QED) is 0.735. The van der Waals surface area contributed by atoms with Crippen molar-refractivity contribution >= 4 is 22.8 Å². The molecular weight excluding hydrogens is 373 g/mol. The standard InChI is InChI=1S/C21H26BNO4S/c1-15-10-12-16(13-11-15)28(24,25)23-14-18(17-8-6-7-9-19(17)23)22-26-20(2,3)21(4,5)27-22/h6-13,18H,14H2,1-5H3. The minimum Gasteiger partial charge on any atom is -0.403 e. The second-order valence-corrected chi connectivity index (χ2v) is 10.5. The first-order valence-electron chi connectivity index (χ1n) is 9.57. The van der Waals surface area contributed by atoms with E-state index in [-0.39, 0.29) is 5.82 Å². The fourth-order valence-corrected chi connectivity index (χ4v) is 5.27. The van der Waals surface area contributed by atoms with Crippen LogP contribution < -0.4 is 4.31 Å². The zero-order valence-electron chi connectivity index (χ0n) is 17.0. The van der Waals surface area contributed by atoms with Crippen LogP contribution in [-0.4, -0.2) is 33.3 Å². The number of sulfonamides is 1. The van der Waals surface area contributed by atoms with E-state index in [2.05, 4.69) is 0 Å². The Bertz CT molecular complexity index is 985. The van der Waals surface area contributed by atoms with Gasteiger partial charge in [0.15, 0.2) is 0 Å². The number of fused-ring (bicyclic) bond motifs is 1. The second kappa shape index (κ2) is 6.34. The predicted molar refractivity (Wildman–Crippen MR) is 111 cm³/mol. The van der Waals surface area contributed by atoms with Gasteiger partial charge < -0.3 is 9.31 Å². The Balaban J connectivity index is 1.72. The van der Waals surface area contributed by atoms with Crippen molar-refractivity contribution in [3.05, 3.63) is 59.7 Å². The number of anilines is 1. The molecule has 0 bridgehead atoms. The summed E-state index contributed by atoms with van der Waals surface area (Å²) in [6, 6.07) is 14.6. The van der Waals surface area contributed by atoms with Crippen LogP contribution in [0.25, 0.3) is 0 Å². The van der Waals surface area contributed by atoms with Crippen LogP contribution in [0, 0.1) is 6.92 Å². The molecule has 7 heteroatoms. The van der Waals surface area contributed by atoms with Crippen LogP contribution in [0.2, 0.25) is 0 Å². The molecule has 0 aromatic heterocycles. The van der Waals surface area contributed by atoms with E-state index in [1.165, 1.54) is 4.31 Å². The lowest BCUT2D eigenvalue weighted by Crippen LogP contribution is -2.41. The largest absolute Gasteiger partial charge is 0.467 e. The Morgan fingerprint density at radius 3 is 2.14 bits per heavy atom. The lowest BCUT2D eigenvalue weighted by molar-refractivity contribution is 0.00578. The molecule has 0 N–H and O–H groups in total. The molecule has 28 heavy (non-hydrogen) atoms. The van der Waals surface area contributed by atoms with Gasteiger partial charge in [-0.15, -0.1) is 0 Å². The summed E-state index contributed by atoms with van der Waals surface area (Å²) in [6.45, 7) is 10.3. The maximum Gasteiger partial charge on any atom is 0.467 e. The van der Waals surface area contributed by atoms with Crippen molar-refractivity contribution in [3.63, 3.8) is 0 Å². The van der Waals surface area contributed by atoms with E-state index in [1.807, 2.05) is 71.0 Å². The lowest BCUT2D eigenvalue weighted by Gasteiger charge is -2.32. The number of nitrogens with zero attached hydrogens (tertiary/aromatic N) is 1. The van der Waals surface area contributed by atoms with Gasteiger partial charge in [-0.3, -0.25) is 4.31 Å². The zero-order chi connectivity index (χ0) is 20.3. The highest BCUT2D eigenvalue weighted by Crippen LogP contribution is 2.46. The van der Waals surface area contributed by atoms with Gasteiger partial charge in [-0.05, 0) is 58.4 Å². The number of rotatable bonds is 3. The third-order valence-corrected chi connectivity index (χ3v) is 7.97. The zero-order valence-corrected chi connectivity index (χ0v) is 17.8. The number of para-hydroxylation sites is 1. The predicted octanol–water partition coefficient (Wildman–Crippen LogP) is 3.92. The molecule has 2 aliphatic rings. The SMILES string of the molecule is Cc1ccc(S(=O)(=O)N2CC(B3OC(C)(C)C(C)(C)O3)c3ccccc32)cc1. The van der Waals surface area contributed by atoms with Crippen LogP contribution in [0.1, 0.15) is 44.6 Å². The summed E-state index contributed by atoms with van der Waals surface area (Å²) in [5.74, 6) is -0.183. The molecule has 1 atom stereocenters. The molecule has 1 fully saturated rings. The molecule has 2 heterocycles. The molecule has 4 rings (SSSR count). The van der Waals surface area contributed by atoms with Crippen LogP contribution in [0.5, 0.6) is 0 Å². The van der Waals surface area contributed by atoms with E-state index in [4.69, 9.17) is 9.31 Å². The second-order valence-electron chi connectivity index (χ2n) is 8.64. The average molecular weight is 399 g/mol. The Morgan fingerprint density at radius 1 is 0.964 bits per heavy atom. The lowest BCUT2D eigenvalue weighted by atomic mass is 9.69. The molecule has 2 aliphatic heterocycles. The molecule has 2 aromatic carbocycles. The van der Waals surface area contributed by atoms with E-state index >= 15 is 0 Å². The van der Waals surface area contributed by atoms with Gasteiger partial charge in [0, 0.05) is 12.4 Å². The fraction of sp³-hybridized carbons (Fsp3) is 0.429. The van der Waals surface area contributed by atoms with Crippen molar-refractivity contribution in [1.82, 2.24) is 0 Å². The molecule has 148 valence electrons. The van der Waals surface area contributed by atoms with E-state index < -0.39 is 28.3 Å². The monoisotopic (exact) mass is 399 g/mol. The Kier molecular flexibility index (Phi) is 4.41. The molecule has 5 nitrogen and oxygen atoms in total. The third-order valence-electron chi connectivity index (χ3n) is 6.18. The first-order valence-corrected chi connectivity index (χ1v) is 11.0. The highest BCUT2D eigenvalue weighted by molar-refractivity contribution is 7.92. The summed E-state index contributed by atoms with van der Waals surface area (Å²) < 4.78 is 40.7. The molecule has 0 amide bonds. The van der Waals surface area contributed by atoms with E-state index in [9.17, 15) is 8.42 Å². The van der Waals surface area contributed by atoms with Crippen LogP contribution in [0.3, 0.4) is 0 Å². The van der Waals surface area contributed by atoms with Crippen molar-refractivity contribution in [1.29, 1.82) is 0 Å². The molecule has 2 aromatic rings. The van der Waals surface area contributed by atoms with Crippen molar-refractivity contribution in [2.45, 2.75) is 56.5 Å². The van der Waals surface area contributed by atoms with Crippen LogP contribution in [0.15, 0.2) is 53.4 Å². The molecular formula is C21H26BNO4S. The Morgan fingerprint density at radius 2 is 1.54 bits per heavy atom. The topological polar surface area (TPSA) is 55.8 Å². The van der Waals surface area contributed by atoms with E-state index in [0.717, 1.165) is 11.1 Å². The third kappa shape index (κ3) is 2.96. The summed E-state index contributed by atoms with van der Waals surface area (Å²) in [4.78, 5) is 0.294. The summed E-state index contributed by atoms with van der Waals surface area (Å²) in [7, 11) is -4.16. The molecule has 0 aliphatic carbocycles. The van der Waals surface area contributed by atoms with Gasteiger partial charge in [-0.2, -0.15) is 0 Å². The molecule has 1 unspecified atom stereocenters. The van der Waals surface area contributed by atoms with Gasteiger partial charge in [-0.1, -0.05) is 35.9 Å². The molecule has 0 saturated carbocycles. The van der Waals surface area contributed by atoms with Gasteiger partial charge in [-0.25, -0.2) is 8.42 Å². The van der Waals surface area contributed by atoms with Crippen molar-refractivity contribution in [2.24, 2.45) is 0 Å². The van der Waals surface area contributed by atoms with Gasteiger partial charge in [0.25, 0.3) is 10.0 Å². The smallest absolute Gasteiger partial charge is 0.403 e. The highest BCUT2D eigenvalue weighted by atomic mass is 32.2. The first-order chi connectivity index (χ1) is 13.0. The number of aryl methyl sites for hydroxylation is 1. The molecule has 0 spiro atoms. The summed E-state index contributed by atoms with van der Waals surface area (Å²) in [5, 5.41) is 0. The number of hydrogen-bond acceptors (Lipinski definition) is 4. The first kappa shape index (κ1) is 19.5. The minimum absolute atomic E-state index is 0.183. The molecule has 0 radical (unpaired) electrons. The minimum atomic E-state index is -3.67. The normalized spacial score (nSPS) is 23.1. The number of hydrogen-bond donors (Lipinski definition) is 0. The van der Waals surface area contributed by atoms with Gasteiger partial charge in [0.05, 0.1) is 21.8 Å². The van der Waals surface area contributed by atoms with Crippen LogP contribution in [-0.2, 0) is 19.3 Å². The average Bonchev–Trinajstić information content (AvgIpc) is 3.10. The van der Waals surface area contributed by atoms with Gasteiger partial charge >= 0.3 is 7.12 Å². The summed E-state index contributed by atoms with van der Waals surface area (Å²) in [5.41, 5.74) is 1.74. The number of benzene rings is 2. The summed E-state index contributed by atoms with van der Waals surface area (Å²) >= 11 is 0. The Labute approximate surface area is 167 Å². The van der Waals surface area contributed by atoms with Gasteiger partial charge in [0.1, 0.15) is 0 Å². The summed E-state index contributed by atoms with van der Waals surface area (Å²) in [6.07, 6.45) is 0. The van der Waals surface area contributed by atoms with Crippen molar-refractivity contribution < 1.29 is 17.7 Å². The van der Waals surface area contributed by atoms with Crippen LogP contribution in [0.4, 0.5) is 5.69 Å². The van der Waals surface area contributed by atoms with Crippen LogP contribution >= 0.6 is 0 Å². The fourth-order valence-electron chi connectivity index (χ4n) is 3.75. The van der Waals surface area contributed by atoms with Gasteiger partial charge in [0.2, 0.25) is 0 Å². The maximum absolute atomic E-state index is 13.4. The Hall–Kier alpha value is -1.83.